The first-order chi connectivity index (χ1) is 24.7. The van der Waals surface area contributed by atoms with Crippen LogP contribution in [0.15, 0.2) is 48.5 Å². The number of aromatic nitrogens is 1. The molecule has 0 radical (unpaired) electrons. The number of carbonyl (C=O) groups excluding carboxylic acids is 2. The third-order valence-electron chi connectivity index (χ3n) is 8.27. The summed E-state index contributed by atoms with van der Waals surface area (Å²) >= 11 is 0. The van der Waals surface area contributed by atoms with Crippen LogP contribution in [-0.4, -0.2) is 103 Å². The van der Waals surface area contributed by atoms with Crippen molar-refractivity contribution >= 4 is 34.4 Å². The Morgan fingerprint density at radius 2 is 1.53 bits per heavy atom. The predicted octanol–water partition coefficient (Wildman–Crippen LogP) is 5.49. The number of hydrogen-bond acceptors (Lipinski definition) is 10. The lowest BCUT2D eigenvalue weighted by molar-refractivity contribution is -0.124. The van der Waals surface area contributed by atoms with Gasteiger partial charge in [-0.3, -0.25) is 4.79 Å². The number of amides is 1. The molecule has 0 unspecified atom stereocenters. The highest BCUT2D eigenvalue weighted by Crippen LogP contribution is 2.36. The summed E-state index contributed by atoms with van der Waals surface area (Å²) in [6.07, 6.45) is 5.65. The number of para-hydroxylation sites is 1. The highest BCUT2D eigenvalue weighted by Gasteiger charge is 2.26. The van der Waals surface area contributed by atoms with Crippen LogP contribution in [0, 0.1) is 5.41 Å². The average molecular weight is 706 g/mol. The third kappa shape index (κ3) is 14.0. The van der Waals surface area contributed by atoms with E-state index < -0.39 is 5.97 Å². The van der Waals surface area contributed by atoms with Crippen molar-refractivity contribution in [1.82, 2.24) is 15.6 Å². The number of benzene rings is 2. The number of fused-ring (bicyclic) bond motifs is 2. The lowest BCUT2D eigenvalue weighted by atomic mass is 9.86. The molecule has 3 aromatic rings. The molecule has 0 saturated heterocycles. The van der Waals surface area contributed by atoms with Crippen LogP contribution < -0.4 is 15.4 Å². The molecule has 0 aliphatic heterocycles. The van der Waals surface area contributed by atoms with Crippen LogP contribution in [0.2, 0.25) is 0 Å². The zero-order valence-corrected chi connectivity index (χ0v) is 30.7. The Morgan fingerprint density at radius 1 is 0.824 bits per heavy atom. The van der Waals surface area contributed by atoms with Gasteiger partial charge in [0.05, 0.1) is 63.0 Å². The van der Waals surface area contributed by atoms with Crippen LogP contribution in [0.4, 0.5) is 0 Å². The Kier molecular flexibility index (Phi) is 16.8. The monoisotopic (exact) mass is 705 g/mol. The maximum atomic E-state index is 13.4. The van der Waals surface area contributed by atoms with Gasteiger partial charge in [0.25, 0.3) is 5.91 Å². The normalized spacial score (nSPS) is 13.7. The molecule has 0 saturated carbocycles. The van der Waals surface area contributed by atoms with Gasteiger partial charge in [-0.2, -0.15) is 0 Å². The average Bonchev–Trinajstić information content (AvgIpc) is 3.11. The highest BCUT2D eigenvalue weighted by atomic mass is 16.6. The largest absolute Gasteiger partial charge is 0.491 e. The van der Waals surface area contributed by atoms with E-state index >= 15 is 0 Å². The first-order valence-electron chi connectivity index (χ1n) is 18.0. The first-order valence-corrected chi connectivity index (χ1v) is 18.0. The van der Waals surface area contributed by atoms with Crippen LogP contribution in [0.25, 0.3) is 22.6 Å². The van der Waals surface area contributed by atoms with E-state index in [1.807, 2.05) is 48.5 Å². The van der Waals surface area contributed by atoms with E-state index in [4.69, 9.17) is 33.4 Å². The molecule has 278 valence electrons. The summed E-state index contributed by atoms with van der Waals surface area (Å²) in [6, 6.07) is 15.4. The summed E-state index contributed by atoms with van der Waals surface area (Å²) < 4.78 is 33.1. The van der Waals surface area contributed by atoms with Gasteiger partial charge in [0.2, 0.25) is 0 Å². The van der Waals surface area contributed by atoms with Crippen molar-refractivity contribution in [3.05, 3.63) is 70.9 Å². The molecule has 11 heteroatoms. The molecule has 0 fully saturated rings. The Bertz CT molecular complexity index is 1550. The number of hydrogen-bond donors (Lipinski definition) is 2. The van der Waals surface area contributed by atoms with Crippen molar-refractivity contribution in [2.75, 3.05) is 86.2 Å². The second-order valence-corrected chi connectivity index (χ2v) is 13.6. The summed E-state index contributed by atoms with van der Waals surface area (Å²) in [5, 5.41) is 6.80. The van der Waals surface area contributed by atoms with Gasteiger partial charge >= 0.3 is 5.97 Å². The Hall–Kier alpha value is -3.87. The number of nitrogens with zero attached hydrogens (tertiary/aromatic N) is 1. The number of methoxy groups -OCH3 is 1. The standard InChI is InChI=1S/C40H55N3O8/c1-40(2,3)16-17-41-18-21-47-22-23-48-24-25-49-26-27-50-32-14-12-30(13-15-32)28-31-8-7-10-34-37(33-9-5-6-11-35(33)43-38(31)34)39(45)51-29-36(44)42-19-20-46-4/h5-6,9,11-15,28,41H,7-8,10,16-27,29H2,1-4H3,(H,42,44). The van der Waals surface area contributed by atoms with E-state index in [-0.39, 0.29) is 12.5 Å². The van der Waals surface area contributed by atoms with Crippen LogP contribution in [0.3, 0.4) is 0 Å². The van der Waals surface area contributed by atoms with E-state index in [1.54, 1.807) is 7.11 Å². The first kappa shape index (κ1) is 39.9. The van der Waals surface area contributed by atoms with Crippen molar-refractivity contribution in [3.63, 3.8) is 0 Å². The fraction of sp³-hybridized carbons (Fsp3) is 0.525. The van der Waals surface area contributed by atoms with Crippen LogP contribution in [0.5, 0.6) is 5.75 Å². The quantitative estimate of drug-likeness (QED) is 0.102. The van der Waals surface area contributed by atoms with Gasteiger partial charge in [0, 0.05) is 25.6 Å². The molecule has 0 atom stereocenters. The number of pyridine rings is 1. The van der Waals surface area contributed by atoms with E-state index in [1.165, 1.54) is 0 Å². The molecule has 1 amide bonds. The second kappa shape index (κ2) is 21.5. The van der Waals surface area contributed by atoms with Gasteiger partial charge in [0.15, 0.2) is 6.61 Å². The number of carbonyl (C=O) groups is 2. The topological polar surface area (TPSA) is 126 Å². The molecule has 11 nitrogen and oxygen atoms in total. The van der Waals surface area contributed by atoms with Gasteiger partial charge in [-0.1, -0.05) is 51.1 Å². The van der Waals surface area contributed by atoms with Crippen LogP contribution in [0.1, 0.15) is 67.2 Å². The molecule has 51 heavy (non-hydrogen) atoms. The van der Waals surface area contributed by atoms with Gasteiger partial charge in [-0.25, -0.2) is 9.78 Å². The van der Waals surface area contributed by atoms with Crippen molar-refractivity contribution < 1.29 is 38.0 Å². The van der Waals surface area contributed by atoms with Crippen molar-refractivity contribution in [2.45, 2.75) is 46.5 Å². The van der Waals surface area contributed by atoms with Crippen LogP contribution >= 0.6 is 0 Å². The van der Waals surface area contributed by atoms with Gasteiger partial charge in [0.1, 0.15) is 12.4 Å². The number of allylic oxidation sites excluding steroid dienone is 1. The lowest BCUT2D eigenvalue weighted by Crippen LogP contribution is -2.31. The number of esters is 1. The molecular weight excluding hydrogens is 650 g/mol. The third-order valence-corrected chi connectivity index (χ3v) is 8.27. The fourth-order valence-electron chi connectivity index (χ4n) is 5.61. The number of nitrogens with one attached hydrogen (secondary N) is 2. The molecule has 1 aliphatic carbocycles. The molecule has 2 aromatic carbocycles. The van der Waals surface area contributed by atoms with Crippen molar-refractivity contribution in [1.29, 1.82) is 0 Å². The maximum Gasteiger partial charge on any atom is 0.339 e. The predicted molar refractivity (Wildman–Crippen MR) is 199 cm³/mol. The Balaban J connectivity index is 1.21. The summed E-state index contributed by atoms with van der Waals surface area (Å²) in [5.41, 5.74) is 5.23. The molecule has 1 heterocycles. The Labute approximate surface area is 302 Å². The summed E-state index contributed by atoms with van der Waals surface area (Å²) in [4.78, 5) is 30.6. The summed E-state index contributed by atoms with van der Waals surface area (Å²) in [6.45, 7) is 12.7. The van der Waals surface area contributed by atoms with Gasteiger partial charge in [-0.05, 0) is 78.6 Å². The molecular formula is C40H55N3O8. The molecule has 0 bridgehead atoms. The van der Waals surface area contributed by atoms with E-state index in [0.29, 0.717) is 82.3 Å². The lowest BCUT2D eigenvalue weighted by Gasteiger charge is -2.22. The molecule has 2 N–H and O–H groups in total. The SMILES string of the molecule is COCCNC(=O)COC(=O)c1c2c(nc3ccccc13)C(=Cc1ccc(OCCOCCOCCOCCNCCC(C)(C)C)cc1)CCC2. The zero-order valence-electron chi connectivity index (χ0n) is 30.7. The van der Waals surface area contributed by atoms with Gasteiger partial charge in [-0.15, -0.1) is 0 Å². The summed E-state index contributed by atoms with van der Waals surface area (Å²) in [5.74, 6) is -0.144. The Morgan fingerprint density at radius 3 is 2.25 bits per heavy atom. The minimum Gasteiger partial charge on any atom is -0.491 e. The summed E-state index contributed by atoms with van der Waals surface area (Å²) in [7, 11) is 1.56. The minimum absolute atomic E-state index is 0.347. The zero-order chi connectivity index (χ0) is 36.3. The smallest absolute Gasteiger partial charge is 0.339 e. The number of ether oxygens (including phenoxy) is 6. The van der Waals surface area contributed by atoms with Crippen LogP contribution in [-0.2, 0) is 34.9 Å². The minimum atomic E-state index is -0.526. The van der Waals surface area contributed by atoms with Crippen molar-refractivity contribution in [2.24, 2.45) is 5.41 Å². The molecule has 1 aromatic heterocycles. The van der Waals surface area contributed by atoms with E-state index in [9.17, 15) is 9.59 Å². The second-order valence-electron chi connectivity index (χ2n) is 13.6. The van der Waals surface area contributed by atoms with E-state index in [2.05, 4.69) is 37.5 Å². The number of rotatable bonds is 22. The highest BCUT2D eigenvalue weighted by molar-refractivity contribution is 6.07. The molecule has 1 aliphatic rings. The fourth-order valence-corrected chi connectivity index (χ4v) is 5.61. The molecule has 0 spiro atoms. The maximum absolute atomic E-state index is 13.4. The molecule has 4 rings (SSSR count). The van der Waals surface area contributed by atoms with Crippen molar-refractivity contribution in [3.8, 4) is 5.75 Å². The van der Waals surface area contributed by atoms with E-state index in [0.717, 1.165) is 65.9 Å². The van der Waals surface area contributed by atoms with Gasteiger partial charge < -0.3 is 39.1 Å².